The van der Waals surface area contributed by atoms with E-state index < -0.39 is 17.4 Å². The number of carboxylic acids is 1. The van der Waals surface area contributed by atoms with Gasteiger partial charge < -0.3 is 9.84 Å². The van der Waals surface area contributed by atoms with Gasteiger partial charge in [0, 0.05) is 6.42 Å². The first-order valence-corrected chi connectivity index (χ1v) is 4.70. The summed E-state index contributed by atoms with van der Waals surface area (Å²) in [7, 11) is 0. The molecule has 2 rings (SSSR count). The molecule has 1 aromatic rings. The first kappa shape index (κ1) is 10.1. The smallest absolute Gasteiger partial charge is 0.336 e. The Bertz CT molecular complexity index is 410. The molecule has 3 nitrogen and oxygen atoms in total. The predicted octanol–water partition coefficient (Wildman–Crippen LogP) is 2.16. The number of rotatable bonds is 2. The second kappa shape index (κ2) is 3.31. The highest BCUT2D eigenvalue weighted by atomic mass is 19.1. The molecule has 0 radical (unpaired) electrons. The molecular weight excluding hydrogens is 199 g/mol. The Morgan fingerprint density at radius 3 is 2.73 bits per heavy atom. The molecule has 0 saturated carbocycles. The van der Waals surface area contributed by atoms with E-state index in [4.69, 9.17) is 9.84 Å². The van der Waals surface area contributed by atoms with E-state index in [1.807, 2.05) is 6.92 Å². The normalized spacial score (nSPS) is 24.7. The molecule has 1 aliphatic heterocycles. The highest BCUT2D eigenvalue weighted by Crippen LogP contribution is 2.38. The SMILES string of the molecule is CC1(c2ccc(F)cc2C(=O)O)CCO1. The molecule has 80 valence electrons. The minimum absolute atomic E-state index is 0.0165. The number of ether oxygens (including phenoxy) is 1. The van der Waals surface area contributed by atoms with Crippen LogP contribution < -0.4 is 0 Å². The van der Waals surface area contributed by atoms with Gasteiger partial charge in [-0.3, -0.25) is 0 Å². The zero-order chi connectivity index (χ0) is 11.1. The van der Waals surface area contributed by atoms with Crippen LogP contribution in [-0.2, 0) is 10.3 Å². The molecule has 0 spiro atoms. The number of carbonyl (C=O) groups is 1. The van der Waals surface area contributed by atoms with Crippen LogP contribution in [0.1, 0.15) is 29.3 Å². The van der Waals surface area contributed by atoms with Crippen molar-refractivity contribution in [3.8, 4) is 0 Å². The number of hydrogen-bond donors (Lipinski definition) is 1. The van der Waals surface area contributed by atoms with Crippen molar-refractivity contribution >= 4 is 5.97 Å². The van der Waals surface area contributed by atoms with E-state index in [-0.39, 0.29) is 5.56 Å². The maximum atomic E-state index is 12.9. The standard InChI is InChI=1S/C11H11FO3/c1-11(4-5-15-11)9-3-2-7(12)6-8(9)10(13)14/h2-3,6H,4-5H2,1H3,(H,13,14). The van der Waals surface area contributed by atoms with E-state index in [2.05, 4.69) is 0 Å². The molecular formula is C11H11FO3. The van der Waals surface area contributed by atoms with Gasteiger partial charge in [0.25, 0.3) is 0 Å². The summed E-state index contributed by atoms with van der Waals surface area (Å²) >= 11 is 0. The Morgan fingerprint density at radius 1 is 1.60 bits per heavy atom. The molecule has 0 bridgehead atoms. The number of halogens is 1. The van der Waals surface area contributed by atoms with Crippen LogP contribution in [0.5, 0.6) is 0 Å². The fourth-order valence-corrected chi connectivity index (χ4v) is 1.78. The van der Waals surface area contributed by atoms with Crippen LogP contribution in [0.4, 0.5) is 4.39 Å². The van der Waals surface area contributed by atoms with Crippen molar-refractivity contribution in [2.45, 2.75) is 18.9 Å². The largest absolute Gasteiger partial charge is 0.478 e. The average Bonchev–Trinajstić information content (AvgIpc) is 2.14. The van der Waals surface area contributed by atoms with Gasteiger partial charge in [-0.05, 0) is 24.6 Å². The van der Waals surface area contributed by atoms with E-state index in [1.54, 1.807) is 0 Å². The molecule has 0 aliphatic carbocycles. The second-order valence-corrected chi connectivity index (χ2v) is 3.82. The van der Waals surface area contributed by atoms with Crippen LogP contribution in [0, 0.1) is 5.82 Å². The van der Waals surface area contributed by atoms with Gasteiger partial charge in [0.1, 0.15) is 5.82 Å². The lowest BCUT2D eigenvalue weighted by Crippen LogP contribution is -2.39. The molecule has 4 heteroatoms. The second-order valence-electron chi connectivity index (χ2n) is 3.82. The van der Waals surface area contributed by atoms with E-state index in [0.717, 1.165) is 12.5 Å². The molecule has 0 aromatic heterocycles. The summed E-state index contributed by atoms with van der Waals surface area (Å²) in [5, 5.41) is 8.95. The average molecular weight is 210 g/mol. The van der Waals surface area contributed by atoms with Crippen LogP contribution in [0.2, 0.25) is 0 Å². The topological polar surface area (TPSA) is 46.5 Å². The maximum Gasteiger partial charge on any atom is 0.336 e. The van der Waals surface area contributed by atoms with Gasteiger partial charge in [0.15, 0.2) is 0 Å². The first-order chi connectivity index (χ1) is 7.03. The van der Waals surface area contributed by atoms with Crippen LogP contribution in [0.15, 0.2) is 18.2 Å². The van der Waals surface area contributed by atoms with E-state index in [9.17, 15) is 9.18 Å². The summed E-state index contributed by atoms with van der Waals surface area (Å²) in [4.78, 5) is 10.9. The van der Waals surface area contributed by atoms with Crippen molar-refractivity contribution < 1.29 is 19.0 Å². The Balaban J connectivity index is 2.50. The monoisotopic (exact) mass is 210 g/mol. The molecule has 1 aromatic carbocycles. The third-order valence-electron chi connectivity index (χ3n) is 2.78. The maximum absolute atomic E-state index is 12.9. The summed E-state index contributed by atoms with van der Waals surface area (Å²) in [5.41, 5.74) is -0.0404. The Hall–Kier alpha value is -1.42. The highest BCUT2D eigenvalue weighted by Gasteiger charge is 2.38. The molecule has 1 N–H and O–H groups in total. The van der Waals surface area contributed by atoms with Gasteiger partial charge in [0.05, 0.1) is 17.8 Å². The van der Waals surface area contributed by atoms with Gasteiger partial charge in [-0.2, -0.15) is 0 Å². The van der Waals surface area contributed by atoms with Crippen molar-refractivity contribution in [3.05, 3.63) is 35.1 Å². The van der Waals surface area contributed by atoms with Crippen molar-refractivity contribution in [2.75, 3.05) is 6.61 Å². The van der Waals surface area contributed by atoms with Crippen LogP contribution >= 0.6 is 0 Å². The van der Waals surface area contributed by atoms with Crippen molar-refractivity contribution in [1.82, 2.24) is 0 Å². The summed E-state index contributed by atoms with van der Waals surface area (Å²) in [6.45, 7) is 2.43. The lowest BCUT2D eigenvalue weighted by atomic mass is 9.85. The predicted molar refractivity (Wildman–Crippen MR) is 51.3 cm³/mol. The molecule has 1 saturated heterocycles. The third kappa shape index (κ3) is 1.61. The van der Waals surface area contributed by atoms with Crippen LogP contribution in [0.3, 0.4) is 0 Å². The van der Waals surface area contributed by atoms with Crippen LogP contribution in [-0.4, -0.2) is 17.7 Å². The van der Waals surface area contributed by atoms with E-state index in [1.165, 1.54) is 12.1 Å². The zero-order valence-electron chi connectivity index (χ0n) is 8.29. The quantitative estimate of drug-likeness (QED) is 0.813. The minimum atomic E-state index is -1.12. The highest BCUT2D eigenvalue weighted by molar-refractivity contribution is 5.89. The molecule has 15 heavy (non-hydrogen) atoms. The van der Waals surface area contributed by atoms with Gasteiger partial charge >= 0.3 is 5.97 Å². The minimum Gasteiger partial charge on any atom is -0.478 e. The van der Waals surface area contributed by atoms with Crippen molar-refractivity contribution in [2.24, 2.45) is 0 Å². The molecule has 1 unspecified atom stereocenters. The van der Waals surface area contributed by atoms with Gasteiger partial charge in [-0.1, -0.05) is 6.07 Å². The fourth-order valence-electron chi connectivity index (χ4n) is 1.78. The number of carboxylic acid groups (broad SMARTS) is 1. The summed E-state index contributed by atoms with van der Waals surface area (Å²) < 4.78 is 18.3. The number of hydrogen-bond acceptors (Lipinski definition) is 2. The van der Waals surface area contributed by atoms with Gasteiger partial charge in [-0.25, -0.2) is 9.18 Å². The summed E-state index contributed by atoms with van der Waals surface area (Å²) in [5.74, 6) is -1.67. The van der Waals surface area contributed by atoms with Gasteiger partial charge in [-0.15, -0.1) is 0 Å². The van der Waals surface area contributed by atoms with Crippen LogP contribution in [0.25, 0.3) is 0 Å². The van der Waals surface area contributed by atoms with E-state index >= 15 is 0 Å². The van der Waals surface area contributed by atoms with Gasteiger partial charge in [0.2, 0.25) is 0 Å². The zero-order valence-corrected chi connectivity index (χ0v) is 8.29. The first-order valence-electron chi connectivity index (χ1n) is 4.70. The fraction of sp³-hybridized carbons (Fsp3) is 0.364. The molecule has 0 amide bonds. The molecule has 1 fully saturated rings. The molecule has 1 aliphatic rings. The summed E-state index contributed by atoms with van der Waals surface area (Å²) in [6.07, 6.45) is 0.763. The Labute approximate surface area is 86.5 Å². The third-order valence-corrected chi connectivity index (χ3v) is 2.78. The lowest BCUT2D eigenvalue weighted by Gasteiger charge is -2.39. The molecule has 1 atom stereocenters. The summed E-state index contributed by atoms with van der Waals surface area (Å²) in [6, 6.07) is 3.78. The van der Waals surface area contributed by atoms with Crippen molar-refractivity contribution in [1.29, 1.82) is 0 Å². The Morgan fingerprint density at radius 2 is 2.27 bits per heavy atom. The molecule has 1 heterocycles. The van der Waals surface area contributed by atoms with E-state index in [0.29, 0.717) is 12.2 Å². The Kier molecular flexibility index (Phi) is 2.23. The number of aromatic carboxylic acids is 1. The van der Waals surface area contributed by atoms with Crippen molar-refractivity contribution in [3.63, 3.8) is 0 Å². The lowest BCUT2D eigenvalue weighted by molar-refractivity contribution is -0.141. The number of benzene rings is 1.